The largest absolute Gasteiger partial charge is 0.506 e. The van der Waals surface area contributed by atoms with Gasteiger partial charge in [0.1, 0.15) is 18.0 Å². The highest BCUT2D eigenvalue weighted by molar-refractivity contribution is 7.52. The second-order valence-electron chi connectivity index (χ2n) is 5.60. The molecule has 1 atom stereocenters. The Morgan fingerprint density at radius 3 is 2.79 bits per heavy atom. The first-order valence-corrected chi connectivity index (χ1v) is 9.80. The van der Waals surface area contributed by atoms with E-state index in [4.69, 9.17) is 25.7 Å². The lowest BCUT2D eigenvalue weighted by atomic mass is 10.1. The first-order valence-electron chi connectivity index (χ1n) is 12.3. The van der Waals surface area contributed by atoms with Crippen molar-refractivity contribution in [3.05, 3.63) is 53.3 Å². The number of hydrogen-bond donors (Lipinski definition) is 3. The maximum atomic E-state index is 13.6. The monoisotopic (exact) mass is 431 g/mol. The van der Waals surface area contributed by atoms with E-state index in [0.717, 1.165) is 0 Å². The van der Waals surface area contributed by atoms with Crippen molar-refractivity contribution in [1.82, 2.24) is 10.1 Å². The van der Waals surface area contributed by atoms with Crippen LogP contribution in [-0.4, -0.2) is 28.7 Å². The van der Waals surface area contributed by atoms with Gasteiger partial charge in [0.25, 0.3) is 0 Å². The summed E-state index contributed by atoms with van der Waals surface area (Å²) in [7, 11) is -4.82. The third kappa shape index (κ3) is 6.83. The van der Waals surface area contributed by atoms with Gasteiger partial charge in [-0.3, -0.25) is 14.3 Å². The number of benzene rings is 1. The van der Waals surface area contributed by atoms with E-state index in [1.165, 1.54) is 37.4 Å². The standard InChI is InChI=1S/C19H26N3O6P/c1-13(2)27-18(23)11-22-29(25,28-16-7-5-4-6-8-16)26-12-15-10-21-14(3)19(24)17(15)9-20/h4-8,10,13,24H,9,11-12,20H2,1-3H3,(H,22,25)/i1D3,2D3,11D2. The Labute approximate surface area is 181 Å². The highest BCUT2D eigenvalue weighted by Gasteiger charge is 2.29. The molecule has 0 amide bonds. The molecular weight excluding hydrogens is 397 g/mol. The summed E-state index contributed by atoms with van der Waals surface area (Å²) in [4.78, 5) is 16.5. The molecule has 4 N–H and O–H groups in total. The van der Waals surface area contributed by atoms with Crippen LogP contribution < -0.4 is 15.3 Å². The highest BCUT2D eigenvalue weighted by atomic mass is 31.2. The van der Waals surface area contributed by atoms with E-state index in [0.29, 0.717) is 0 Å². The van der Waals surface area contributed by atoms with E-state index < -0.39 is 46.6 Å². The first kappa shape index (κ1) is 13.7. The number of ether oxygens (including phenoxy) is 1. The lowest BCUT2D eigenvalue weighted by Gasteiger charge is -2.21. The molecule has 0 aliphatic rings. The van der Waals surface area contributed by atoms with Crippen LogP contribution in [0.3, 0.4) is 0 Å². The zero-order valence-corrected chi connectivity index (χ0v) is 16.3. The fourth-order valence-electron chi connectivity index (χ4n) is 2.14. The van der Waals surface area contributed by atoms with Crippen LogP contribution in [0.5, 0.6) is 11.5 Å². The molecular formula is C19H26N3O6P. The molecule has 10 heteroatoms. The molecule has 0 fully saturated rings. The highest BCUT2D eigenvalue weighted by Crippen LogP contribution is 2.45. The Morgan fingerprint density at radius 2 is 2.14 bits per heavy atom. The Hall–Kier alpha value is -2.45. The van der Waals surface area contributed by atoms with Crippen molar-refractivity contribution in [2.24, 2.45) is 5.73 Å². The predicted octanol–water partition coefficient (Wildman–Crippen LogP) is 2.80. The lowest BCUT2D eigenvalue weighted by molar-refractivity contribution is -0.145. The van der Waals surface area contributed by atoms with Crippen LogP contribution in [0.15, 0.2) is 36.5 Å². The van der Waals surface area contributed by atoms with Crippen LogP contribution in [0.2, 0.25) is 0 Å². The van der Waals surface area contributed by atoms with Gasteiger partial charge in [0.05, 0.1) is 21.1 Å². The van der Waals surface area contributed by atoms with Gasteiger partial charge in [-0.1, -0.05) is 18.2 Å². The molecule has 0 aliphatic carbocycles. The van der Waals surface area contributed by atoms with Crippen LogP contribution in [0.25, 0.3) is 0 Å². The molecule has 29 heavy (non-hydrogen) atoms. The van der Waals surface area contributed by atoms with Crippen LogP contribution >= 0.6 is 7.75 Å². The van der Waals surface area contributed by atoms with Gasteiger partial charge in [-0.25, -0.2) is 9.65 Å². The number of aryl methyl sites for hydroxylation is 1. The Morgan fingerprint density at radius 1 is 1.41 bits per heavy atom. The molecule has 158 valence electrons. The normalized spacial score (nSPS) is 18.6. The Balaban J connectivity index is 2.36. The first-order chi connectivity index (χ1) is 16.9. The molecule has 0 saturated heterocycles. The number of carbonyl (C=O) groups is 1. The van der Waals surface area contributed by atoms with Gasteiger partial charge in [-0.2, -0.15) is 0 Å². The number of aromatic nitrogens is 1. The minimum absolute atomic E-state index is 0.0608. The average molecular weight is 431 g/mol. The summed E-state index contributed by atoms with van der Waals surface area (Å²) < 4.78 is 88.6. The summed E-state index contributed by atoms with van der Waals surface area (Å²) in [5, 5.41) is 11.9. The second kappa shape index (κ2) is 10.4. The van der Waals surface area contributed by atoms with Gasteiger partial charge in [-0.15, -0.1) is 0 Å². The van der Waals surface area contributed by atoms with E-state index in [1.807, 2.05) is 0 Å². The van der Waals surface area contributed by atoms with Crippen molar-refractivity contribution in [1.29, 1.82) is 0 Å². The minimum atomic E-state index is -4.82. The summed E-state index contributed by atoms with van der Waals surface area (Å²) in [5.74, 6) is -2.27. The van der Waals surface area contributed by atoms with Gasteiger partial charge >= 0.3 is 13.7 Å². The van der Waals surface area contributed by atoms with Crippen LogP contribution in [0, 0.1) is 6.92 Å². The molecule has 1 aromatic carbocycles. The Bertz CT molecular complexity index is 1130. The summed E-state index contributed by atoms with van der Waals surface area (Å²) in [6.45, 7) is -9.26. The quantitative estimate of drug-likeness (QED) is 0.383. The third-order valence-electron chi connectivity index (χ3n) is 3.51. The molecule has 0 bridgehead atoms. The number of nitrogens with zero attached hydrogens (tertiary/aromatic N) is 1. The van der Waals surface area contributed by atoms with Crippen molar-refractivity contribution in [3.8, 4) is 11.5 Å². The predicted molar refractivity (Wildman–Crippen MR) is 107 cm³/mol. The molecule has 2 rings (SSSR count). The fourth-order valence-corrected chi connectivity index (χ4v) is 3.24. The van der Waals surface area contributed by atoms with Crippen molar-refractivity contribution >= 4 is 13.7 Å². The van der Waals surface area contributed by atoms with E-state index in [2.05, 4.69) is 9.72 Å². The molecule has 1 aromatic heterocycles. The molecule has 0 spiro atoms. The number of nitrogens with one attached hydrogen (secondary N) is 1. The number of pyridine rings is 1. The van der Waals surface area contributed by atoms with E-state index in [9.17, 15) is 14.5 Å². The van der Waals surface area contributed by atoms with Gasteiger partial charge in [0.2, 0.25) is 0 Å². The molecule has 0 radical (unpaired) electrons. The zero-order valence-electron chi connectivity index (χ0n) is 23.4. The third-order valence-corrected chi connectivity index (χ3v) is 4.82. The minimum Gasteiger partial charge on any atom is -0.506 e. The number of esters is 1. The number of nitrogens with two attached hydrogens (primary N) is 1. The zero-order chi connectivity index (χ0) is 28.2. The van der Waals surface area contributed by atoms with Crippen LogP contribution in [-0.2, 0) is 31.8 Å². The summed E-state index contributed by atoms with van der Waals surface area (Å²) in [5.41, 5.74) is 6.32. The molecule has 1 heterocycles. The number of hydrogen-bond acceptors (Lipinski definition) is 8. The van der Waals surface area contributed by atoms with E-state index in [-0.39, 0.29) is 34.9 Å². The lowest BCUT2D eigenvalue weighted by Crippen LogP contribution is -2.27. The molecule has 9 nitrogen and oxygen atoms in total. The molecule has 1 unspecified atom stereocenters. The smallest absolute Gasteiger partial charge is 0.459 e. The number of para-hydroxylation sites is 1. The number of aromatic hydroxyl groups is 1. The fraction of sp³-hybridized carbons (Fsp3) is 0.368. The number of rotatable bonds is 10. The second-order valence-corrected chi connectivity index (χ2v) is 7.26. The molecule has 0 saturated carbocycles. The SMILES string of the molecule is [2H]C([2H])(NP(=O)(OCc1cnc(C)c(O)c1CN)Oc1ccccc1)C(=O)OC(C([2H])([2H])[2H])C([2H])([2H])[2H]. The summed E-state index contributed by atoms with van der Waals surface area (Å²) in [6, 6.07) is 7.34. The molecule has 2 aromatic rings. The van der Waals surface area contributed by atoms with Gasteiger partial charge in [-0.05, 0) is 32.8 Å². The maximum Gasteiger partial charge on any atom is 0.459 e. The van der Waals surface area contributed by atoms with Gasteiger partial charge < -0.3 is 20.1 Å². The average Bonchev–Trinajstić information content (AvgIpc) is 2.76. The van der Waals surface area contributed by atoms with Crippen molar-refractivity contribution < 1.29 is 39.2 Å². The van der Waals surface area contributed by atoms with Gasteiger partial charge in [0.15, 0.2) is 0 Å². The summed E-state index contributed by atoms with van der Waals surface area (Å²) >= 11 is 0. The van der Waals surface area contributed by atoms with Gasteiger partial charge in [0, 0.05) is 32.1 Å². The van der Waals surface area contributed by atoms with E-state index in [1.54, 1.807) is 11.2 Å². The maximum absolute atomic E-state index is 13.6. The van der Waals surface area contributed by atoms with E-state index >= 15 is 0 Å². The number of carbonyl (C=O) groups excluding carboxylic acids is 1. The van der Waals surface area contributed by atoms with Crippen LogP contribution in [0.4, 0.5) is 0 Å². The van der Waals surface area contributed by atoms with Crippen molar-refractivity contribution in [2.75, 3.05) is 6.50 Å². The summed E-state index contributed by atoms with van der Waals surface area (Å²) in [6.07, 6.45) is -1.38. The molecule has 0 aliphatic heterocycles. The van der Waals surface area contributed by atoms with Crippen molar-refractivity contribution in [2.45, 2.75) is 39.9 Å². The topological polar surface area (TPSA) is 133 Å². The Kier molecular flexibility index (Phi) is 4.90. The van der Waals surface area contributed by atoms with Crippen LogP contribution in [0.1, 0.15) is 41.5 Å². The van der Waals surface area contributed by atoms with Crippen molar-refractivity contribution in [3.63, 3.8) is 0 Å².